The van der Waals surface area contributed by atoms with Crippen LogP contribution in [0.25, 0.3) is 0 Å². The quantitative estimate of drug-likeness (QED) is 0.362. The van der Waals surface area contributed by atoms with Crippen LogP contribution in [0.2, 0.25) is 10.0 Å². The van der Waals surface area contributed by atoms with Gasteiger partial charge in [-0.3, -0.25) is 9.59 Å². The number of benzene rings is 2. The summed E-state index contributed by atoms with van der Waals surface area (Å²) in [5.74, 6) is -0.665. The van der Waals surface area contributed by atoms with Crippen LogP contribution in [-0.2, 0) is 14.3 Å². The molecule has 0 fully saturated rings. The van der Waals surface area contributed by atoms with Gasteiger partial charge in [-0.15, -0.1) is 0 Å². The number of Topliss-reactive ketones (excluding diaryl/α,β-unsaturated/α-hetero) is 1. The van der Waals surface area contributed by atoms with Gasteiger partial charge < -0.3 is 25.8 Å². The lowest BCUT2D eigenvalue weighted by atomic mass is 9.99. The number of ketones is 1. The van der Waals surface area contributed by atoms with Crippen molar-refractivity contribution in [1.82, 2.24) is 10.6 Å². The number of anilines is 1. The molecule has 0 radical (unpaired) electrons. The molecule has 0 saturated heterocycles. The fraction of sp³-hybridized carbons (Fsp3) is 0.348. The molecular weight excluding hydrogens is 469 g/mol. The lowest BCUT2D eigenvalue weighted by molar-refractivity contribution is -0.143. The van der Waals surface area contributed by atoms with Gasteiger partial charge in [0.1, 0.15) is 17.6 Å². The molecule has 33 heavy (non-hydrogen) atoms. The van der Waals surface area contributed by atoms with Gasteiger partial charge in [-0.1, -0.05) is 29.3 Å². The summed E-state index contributed by atoms with van der Waals surface area (Å²) in [7, 11) is 1.21. The van der Waals surface area contributed by atoms with Gasteiger partial charge in [0.25, 0.3) is 5.91 Å². The molecule has 1 aliphatic heterocycles. The molecule has 176 valence electrons. The molecule has 0 saturated carbocycles. The van der Waals surface area contributed by atoms with E-state index >= 15 is 0 Å². The molecule has 0 spiro atoms. The average Bonchev–Trinajstić information content (AvgIpc) is 2.79. The molecule has 10 heteroatoms. The van der Waals surface area contributed by atoms with E-state index in [2.05, 4.69) is 10.6 Å². The minimum Gasteiger partial charge on any atom is -0.493 e. The zero-order valence-corrected chi connectivity index (χ0v) is 19.5. The Kier molecular flexibility index (Phi) is 8.55. The molecule has 3 rings (SSSR count). The normalized spacial score (nSPS) is 15.7. The van der Waals surface area contributed by atoms with Crippen LogP contribution in [0.3, 0.4) is 0 Å². The van der Waals surface area contributed by atoms with E-state index < -0.39 is 17.9 Å². The zero-order valence-electron chi connectivity index (χ0n) is 18.0. The van der Waals surface area contributed by atoms with Crippen LogP contribution in [0.4, 0.5) is 5.69 Å². The number of hydrogen-bond donors (Lipinski definition) is 3. The van der Waals surface area contributed by atoms with Crippen molar-refractivity contribution in [2.45, 2.75) is 31.3 Å². The number of amides is 1. The summed E-state index contributed by atoms with van der Waals surface area (Å²) in [6.07, 6.45) is 0.817. The van der Waals surface area contributed by atoms with E-state index in [4.69, 9.17) is 38.4 Å². The third kappa shape index (κ3) is 6.37. The Hall–Kier alpha value is -2.81. The molecule has 0 aliphatic carbocycles. The van der Waals surface area contributed by atoms with Crippen molar-refractivity contribution in [2.75, 3.05) is 26.0 Å². The summed E-state index contributed by atoms with van der Waals surface area (Å²) >= 11 is 12.1. The Bertz CT molecular complexity index is 1030. The first-order valence-electron chi connectivity index (χ1n) is 10.4. The lowest BCUT2D eigenvalue weighted by Gasteiger charge is -2.27. The zero-order chi connectivity index (χ0) is 24.0. The number of carbonyl (C=O) groups excluding carboxylic acids is 3. The number of halogens is 2. The van der Waals surface area contributed by atoms with Crippen LogP contribution in [-0.4, -0.2) is 44.0 Å². The predicted octanol–water partition coefficient (Wildman–Crippen LogP) is 3.31. The molecule has 2 atom stereocenters. The third-order valence-electron chi connectivity index (χ3n) is 5.31. The van der Waals surface area contributed by atoms with Crippen LogP contribution in [0.1, 0.15) is 41.2 Å². The van der Waals surface area contributed by atoms with Crippen LogP contribution in [0, 0.1) is 0 Å². The number of nitrogen functional groups attached to an aromatic ring is 1. The summed E-state index contributed by atoms with van der Waals surface area (Å²) in [4.78, 5) is 37.3. The van der Waals surface area contributed by atoms with Crippen molar-refractivity contribution < 1.29 is 23.9 Å². The summed E-state index contributed by atoms with van der Waals surface area (Å²) < 4.78 is 10.4. The van der Waals surface area contributed by atoms with Crippen molar-refractivity contribution >= 4 is 46.5 Å². The predicted molar refractivity (Wildman–Crippen MR) is 126 cm³/mol. The van der Waals surface area contributed by atoms with E-state index in [0.29, 0.717) is 18.7 Å². The molecule has 1 unspecified atom stereocenters. The smallest absolute Gasteiger partial charge is 0.328 e. The number of nitrogens with one attached hydrogen (secondary N) is 2. The summed E-state index contributed by atoms with van der Waals surface area (Å²) in [6.45, 7) is 0.626. The van der Waals surface area contributed by atoms with E-state index in [0.717, 1.165) is 11.3 Å². The van der Waals surface area contributed by atoms with Crippen molar-refractivity contribution in [3.8, 4) is 5.75 Å². The summed E-state index contributed by atoms with van der Waals surface area (Å²) in [6, 6.07) is 8.97. The fourth-order valence-electron chi connectivity index (χ4n) is 3.59. The standard InChI is InChI=1S/C23H25Cl2N3O5/c1-32-23(31)19(28-22(30)21-16(24)3-2-4-17(21)25)7-6-14(29)12-27-18-9-10-33-20-8-5-13(26)11-15(18)20/h2-5,8,11,18-19,27H,6-7,9-10,12,26H2,1H3,(H,28,30)/t18?,19-/m0/s1. The van der Waals surface area contributed by atoms with E-state index in [9.17, 15) is 14.4 Å². The van der Waals surface area contributed by atoms with Crippen molar-refractivity contribution in [2.24, 2.45) is 0 Å². The Morgan fingerprint density at radius 2 is 1.94 bits per heavy atom. The third-order valence-corrected chi connectivity index (χ3v) is 5.94. The number of carbonyl (C=O) groups is 3. The maximum absolute atomic E-state index is 12.6. The van der Waals surface area contributed by atoms with Gasteiger partial charge in [0.2, 0.25) is 0 Å². The maximum atomic E-state index is 12.6. The Balaban J connectivity index is 1.57. The molecule has 1 heterocycles. The minimum absolute atomic E-state index is 0.0519. The van der Waals surface area contributed by atoms with Gasteiger partial charge in [-0.05, 0) is 36.8 Å². The number of hydrogen-bond acceptors (Lipinski definition) is 7. The van der Waals surface area contributed by atoms with Gasteiger partial charge in [-0.2, -0.15) is 0 Å². The second kappa shape index (κ2) is 11.4. The van der Waals surface area contributed by atoms with Crippen LogP contribution >= 0.6 is 23.2 Å². The lowest BCUT2D eigenvalue weighted by Crippen LogP contribution is -2.42. The van der Waals surface area contributed by atoms with Gasteiger partial charge in [0.15, 0.2) is 0 Å². The highest BCUT2D eigenvalue weighted by Crippen LogP contribution is 2.33. The first-order chi connectivity index (χ1) is 15.8. The Morgan fingerprint density at radius 1 is 1.21 bits per heavy atom. The first-order valence-corrected chi connectivity index (χ1v) is 11.2. The topological polar surface area (TPSA) is 120 Å². The second-order valence-corrected chi connectivity index (χ2v) is 8.41. The molecular formula is C23H25Cl2N3O5. The summed E-state index contributed by atoms with van der Waals surface area (Å²) in [5.41, 5.74) is 7.46. The summed E-state index contributed by atoms with van der Waals surface area (Å²) in [5, 5.41) is 6.10. The number of fused-ring (bicyclic) bond motifs is 1. The molecule has 4 N–H and O–H groups in total. The number of rotatable bonds is 9. The highest BCUT2D eigenvalue weighted by atomic mass is 35.5. The maximum Gasteiger partial charge on any atom is 0.328 e. The highest BCUT2D eigenvalue weighted by Gasteiger charge is 2.26. The van der Waals surface area contributed by atoms with Gasteiger partial charge in [-0.25, -0.2) is 4.79 Å². The van der Waals surface area contributed by atoms with Crippen molar-refractivity contribution in [3.63, 3.8) is 0 Å². The van der Waals surface area contributed by atoms with E-state index in [1.807, 2.05) is 12.1 Å². The SMILES string of the molecule is COC(=O)[C@H](CCC(=O)CNC1CCOc2ccc(N)cc21)NC(=O)c1c(Cl)cccc1Cl. The van der Waals surface area contributed by atoms with E-state index in [-0.39, 0.29) is 46.8 Å². The number of methoxy groups -OCH3 is 1. The Morgan fingerprint density at radius 3 is 2.64 bits per heavy atom. The molecule has 1 aliphatic rings. The first kappa shape index (κ1) is 24.8. The minimum atomic E-state index is -1.03. The average molecular weight is 494 g/mol. The Labute approximate surface area is 201 Å². The molecule has 0 bridgehead atoms. The number of esters is 1. The largest absolute Gasteiger partial charge is 0.493 e. The fourth-order valence-corrected chi connectivity index (χ4v) is 4.16. The molecule has 2 aromatic carbocycles. The second-order valence-electron chi connectivity index (χ2n) is 7.59. The highest BCUT2D eigenvalue weighted by molar-refractivity contribution is 6.39. The van der Waals surface area contributed by atoms with Crippen LogP contribution in [0.15, 0.2) is 36.4 Å². The molecule has 2 aromatic rings. The monoisotopic (exact) mass is 493 g/mol. The number of nitrogens with two attached hydrogens (primary N) is 1. The van der Waals surface area contributed by atoms with Gasteiger partial charge in [0, 0.05) is 30.1 Å². The van der Waals surface area contributed by atoms with Crippen LogP contribution < -0.4 is 21.1 Å². The van der Waals surface area contributed by atoms with Gasteiger partial charge in [0.05, 0.1) is 35.9 Å². The van der Waals surface area contributed by atoms with E-state index in [1.165, 1.54) is 19.2 Å². The molecule has 0 aromatic heterocycles. The van der Waals surface area contributed by atoms with Crippen molar-refractivity contribution in [1.29, 1.82) is 0 Å². The molecule has 8 nitrogen and oxygen atoms in total. The van der Waals surface area contributed by atoms with Crippen molar-refractivity contribution in [3.05, 3.63) is 57.6 Å². The van der Waals surface area contributed by atoms with E-state index in [1.54, 1.807) is 12.1 Å². The van der Waals surface area contributed by atoms with Crippen LogP contribution in [0.5, 0.6) is 5.75 Å². The van der Waals surface area contributed by atoms with Gasteiger partial charge >= 0.3 is 5.97 Å². The number of ether oxygens (including phenoxy) is 2. The molecule has 1 amide bonds.